The Morgan fingerprint density at radius 2 is 1.64 bits per heavy atom. The molecule has 184 valence electrons. The first-order valence-electron chi connectivity index (χ1n) is 11.3. The summed E-state index contributed by atoms with van der Waals surface area (Å²) in [5.41, 5.74) is 1.42. The van der Waals surface area contributed by atoms with Crippen LogP contribution in [0.15, 0.2) is 53.2 Å². The fourth-order valence-corrected chi connectivity index (χ4v) is 3.07. The summed E-state index contributed by atoms with van der Waals surface area (Å²) in [7, 11) is 1.51. The number of likely N-dealkylation sites (N-methyl/N-ethyl adjacent to an activating group) is 1. The number of carbonyl (C=O) groups excluding carboxylic acids is 2. The molecular formula is C26H41N3O4. The average Bonchev–Trinajstić information content (AvgIpc) is 2.88. The predicted molar refractivity (Wildman–Crippen MR) is 134 cm³/mol. The van der Waals surface area contributed by atoms with E-state index in [0.717, 1.165) is 38.0 Å². The number of hydrogen-bond donors (Lipinski definition) is 0. The zero-order valence-electron chi connectivity index (χ0n) is 21.7. The van der Waals surface area contributed by atoms with Crippen LogP contribution in [-0.4, -0.2) is 59.2 Å². The number of hydrogen-bond acceptors (Lipinski definition) is 5. The Morgan fingerprint density at radius 1 is 1.03 bits per heavy atom. The lowest BCUT2D eigenvalue weighted by Crippen LogP contribution is -2.39. The van der Waals surface area contributed by atoms with E-state index >= 15 is 0 Å². The number of amidine groups is 1. The van der Waals surface area contributed by atoms with Gasteiger partial charge in [0.15, 0.2) is 5.84 Å². The number of ether oxygens (including phenoxy) is 2. The number of rotatable bonds is 4. The van der Waals surface area contributed by atoms with Crippen LogP contribution in [0.5, 0.6) is 0 Å². The Hall–Kier alpha value is -2.83. The van der Waals surface area contributed by atoms with Gasteiger partial charge in [-0.25, -0.2) is 9.59 Å². The highest BCUT2D eigenvalue weighted by Gasteiger charge is 2.26. The molecule has 0 aromatic rings. The Labute approximate surface area is 199 Å². The van der Waals surface area contributed by atoms with Crippen molar-refractivity contribution in [2.75, 3.05) is 20.1 Å². The SMILES string of the molecule is C=CC(=C\C=C(/C)N1CCCC(=C)CC1)/C(=N\C(=O)OC(C)(C)C)N(C)C(=O)OC(C)(C)C. The van der Waals surface area contributed by atoms with Crippen LogP contribution in [0.1, 0.15) is 67.7 Å². The van der Waals surface area contributed by atoms with Gasteiger partial charge >= 0.3 is 12.2 Å². The first-order valence-corrected chi connectivity index (χ1v) is 11.3. The molecule has 33 heavy (non-hydrogen) atoms. The Bertz CT molecular complexity index is 839. The molecule has 1 saturated heterocycles. The van der Waals surface area contributed by atoms with Gasteiger partial charge in [-0.2, -0.15) is 4.99 Å². The minimum atomic E-state index is -0.799. The molecule has 1 rings (SSSR count). The van der Waals surface area contributed by atoms with Gasteiger partial charge in [-0.1, -0.05) is 24.8 Å². The fourth-order valence-electron chi connectivity index (χ4n) is 3.07. The molecule has 0 aromatic carbocycles. The zero-order chi connectivity index (χ0) is 25.4. The molecule has 1 heterocycles. The van der Waals surface area contributed by atoms with Crippen LogP contribution in [0.3, 0.4) is 0 Å². The van der Waals surface area contributed by atoms with Crippen molar-refractivity contribution in [3.63, 3.8) is 0 Å². The standard InChI is InChI=1S/C26H41N3O4/c1-11-21(15-14-20(3)29-17-12-13-19(2)16-18-29)22(27-23(30)32-25(4,5)6)28(10)24(31)33-26(7,8)9/h11,14-15H,1-2,12-13,16-18H2,3-10H3/b20-14+,21-15+,27-22+. The van der Waals surface area contributed by atoms with Crippen molar-refractivity contribution >= 4 is 18.0 Å². The second-order valence-electron chi connectivity index (χ2n) is 10.2. The summed E-state index contributed by atoms with van der Waals surface area (Å²) >= 11 is 0. The number of allylic oxidation sites excluding steroid dienone is 3. The highest BCUT2D eigenvalue weighted by Crippen LogP contribution is 2.19. The summed E-state index contributed by atoms with van der Waals surface area (Å²) in [6.07, 6.45) is 6.94. The predicted octanol–water partition coefficient (Wildman–Crippen LogP) is 6.25. The number of likely N-dealkylation sites (tertiary alicyclic amines) is 1. The van der Waals surface area contributed by atoms with Gasteiger partial charge in [-0.15, -0.1) is 0 Å². The third kappa shape index (κ3) is 10.6. The Kier molecular flexibility index (Phi) is 10.1. The third-order valence-electron chi connectivity index (χ3n) is 4.75. The maximum atomic E-state index is 12.7. The lowest BCUT2D eigenvalue weighted by atomic mass is 10.1. The highest BCUT2D eigenvalue weighted by atomic mass is 16.6. The Morgan fingerprint density at radius 3 is 2.18 bits per heavy atom. The van der Waals surface area contributed by atoms with E-state index in [1.54, 1.807) is 53.7 Å². The molecule has 0 aliphatic carbocycles. The largest absolute Gasteiger partial charge is 0.443 e. The maximum absolute atomic E-state index is 12.7. The van der Waals surface area contributed by atoms with Gasteiger partial charge in [-0.3, -0.25) is 4.90 Å². The van der Waals surface area contributed by atoms with Crippen molar-refractivity contribution in [3.8, 4) is 0 Å². The van der Waals surface area contributed by atoms with Crippen LogP contribution < -0.4 is 0 Å². The monoisotopic (exact) mass is 459 g/mol. The summed E-state index contributed by atoms with van der Waals surface area (Å²) < 4.78 is 10.8. The van der Waals surface area contributed by atoms with Gasteiger partial charge in [0.2, 0.25) is 0 Å². The van der Waals surface area contributed by atoms with Crippen LogP contribution in [0, 0.1) is 0 Å². The van der Waals surface area contributed by atoms with E-state index in [9.17, 15) is 9.59 Å². The number of aliphatic imine (C=N–C) groups is 1. The molecule has 0 saturated carbocycles. The zero-order valence-corrected chi connectivity index (χ0v) is 21.7. The Balaban J connectivity index is 3.31. The van der Waals surface area contributed by atoms with Crippen molar-refractivity contribution in [1.82, 2.24) is 9.80 Å². The number of carbonyl (C=O) groups is 2. The van der Waals surface area contributed by atoms with Crippen LogP contribution in [-0.2, 0) is 9.47 Å². The molecule has 0 radical (unpaired) electrons. The molecule has 0 spiro atoms. The van der Waals surface area contributed by atoms with Gasteiger partial charge in [0.1, 0.15) is 11.2 Å². The molecule has 7 nitrogen and oxygen atoms in total. The summed E-state index contributed by atoms with van der Waals surface area (Å²) in [5.74, 6) is 0.0989. The number of nitrogens with zero attached hydrogens (tertiary/aromatic N) is 3. The van der Waals surface area contributed by atoms with E-state index in [1.807, 2.05) is 13.0 Å². The van der Waals surface area contributed by atoms with Crippen molar-refractivity contribution in [1.29, 1.82) is 0 Å². The van der Waals surface area contributed by atoms with Crippen LogP contribution in [0.25, 0.3) is 0 Å². The molecule has 0 unspecified atom stereocenters. The second kappa shape index (κ2) is 11.9. The van der Waals surface area contributed by atoms with Crippen molar-refractivity contribution < 1.29 is 19.1 Å². The first-order chi connectivity index (χ1) is 15.1. The van der Waals surface area contributed by atoms with Crippen molar-refractivity contribution in [2.24, 2.45) is 4.99 Å². The van der Waals surface area contributed by atoms with Crippen molar-refractivity contribution in [3.05, 3.63) is 48.2 Å². The first kappa shape index (κ1) is 28.2. The fraction of sp³-hybridized carbons (Fsp3) is 0.577. The topological polar surface area (TPSA) is 71.4 Å². The average molecular weight is 460 g/mol. The van der Waals surface area contributed by atoms with Gasteiger partial charge in [0.05, 0.1) is 0 Å². The molecule has 1 aliphatic rings. The summed E-state index contributed by atoms with van der Waals surface area (Å²) in [6.45, 7) is 22.5. The lowest BCUT2D eigenvalue weighted by molar-refractivity contribution is 0.0401. The molecule has 1 fully saturated rings. The van der Waals surface area contributed by atoms with Crippen molar-refractivity contribution in [2.45, 2.75) is 78.9 Å². The van der Waals surface area contributed by atoms with Crippen LogP contribution in [0.4, 0.5) is 9.59 Å². The summed E-state index contributed by atoms with van der Waals surface area (Å²) in [6, 6.07) is 0. The number of amides is 2. The smallest absolute Gasteiger partial charge is 0.436 e. The van der Waals surface area contributed by atoms with E-state index in [2.05, 4.69) is 23.1 Å². The summed E-state index contributed by atoms with van der Waals surface area (Å²) in [4.78, 5) is 32.8. The molecule has 0 bridgehead atoms. The van der Waals surface area contributed by atoms with Gasteiger partial charge < -0.3 is 14.4 Å². The molecule has 2 amide bonds. The summed E-state index contributed by atoms with van der Waals surface area (Å²) in [5, 5.41) is 0. The molecule has 0 aromatic heterocycles. The molecular weight excluding hydrogens is 418 g/mol. The van der Waals surface area contributed by atoms with E-state index in [1.165, 1.54) is 17.5 Å². The third-order valence-corrected chi connectivity index (χ3v) is 4.75. The quantitative estimate of drug-likeness (QED) is 0.215. The molecule has 7 heteroatoms. The lowest BCUT2D eigenvalue weighted by Gasteiger charge is -2.26. The van der Waals surface area contributed by atoms with E-state index < -0.39 is 23.4 Å². The highest BCUT2D eigenvalue weighted by molar-refractivity contribution is 6.11. The van der Waals surface area contributed by atoms with Gasteiger partial charge in [0, 0.05) is 31.4 Å². The van der Waals surface area contributed by atoms with Crippen LogP contribution in [0.2, 0.25) is 0 Å². The minimum absolute atomic E-state index is 0.0989. The molecule has 0 atom stereocenters. The second-order valence-corrected chi connectivity index (χ2v) is 10.2. The van der Waals surface area contributed by atoms with Crippen LogP contribution >= 0.6 is 0 Å². The normalized spacial score (nSPS) is 16.8. The molecule has 1 aliphatic heterocycles. The van der Waals surface area contributed by atoms with Gasteiger partial charge in [-0.05, 0) is 79.9 Å². The van der Waals surface area contributed by atoms with E-state index in [0.29, 0.717) is 5.57 Å². The van der Waals surface area contributed by atoms with E-state index in [4.69, 9.17) is 9.47 Å². The van der Waals surface area contributed by atoms with E-state index in [-0.39, 0.29) is 5.84 Å². The van der Waals surface area contributed by atoms with Gasteiger partial charge in [0.25, 0.3) is 0 Å². The maximum Gasteiger partial charge on any atom is 0.436 e. The molecule has 0 N–H and O–H groups in total. The minimum Gasteiger partial charge on any atom is -0.443 e.